The van der Waals surface area contributed by atoms with Gasteiger partial charge in [-0.05, 0) is 41.2 Å². The average Bonchev–Trinajstić information content (AvgIpc) is 2.80. The molecule has 1 aliphatic heterocycles. The van der Waals surface area contributed by atoms with Crippen LogP contribution in [0.1, 0.15) is 65.6 Å². The van der Waals surface area contributed by atoms with Crippen LogP contribution in [0.5, 0.6) is 0 Å². The highest BCUT2D eigenvalue weighted by Crippen LogP contribution is 2.44. The highest BCUT2D eigenvalue weighted by Gasteiger charge is 2.47. The Balaban J connectivity index is 2.19. The lowest BCUT2D eigenvalue weighted by Gasteiger charge is -2.27. The molecular formula is C15H27N3O. The van der Waals surface area contributed by atoms with E-state index in [0.717, 1.165) is 13.0 Å². The Bertz CT molecular complexity index is 436. The van der Waals surface area contributed by atoms with Crippen LogP contribution in [-0.4, -0.2) is 27.5 Å². The molecule has 0 radical (unpaired) electrons. The SMILES string of the molecule is CCNC(C)c1cnn(C2CC(C)(C)OC2(C)C)c1. The Labute approximate surface area is 116 Å². The molecule has 0 aromatic carbocycles. The van der Waals surface area contributed by atoms with Gasteiger partial charge in [-0.2, -0.15) is 5.10 Å². The van der Waals surface area contributed by atoms with Gasteiger partial charge in [0.2, 0.25) is 0 Å². The summed E-state index contributed by atoms with van der Waals surface area (Å²) in [6, 6.07) is 0.641. The lowest BCUT2D eigenvalue weighted by molar-refractivity contribution is -0.0737. The first-order valence-corrected chi connectivity index (χ1v) is 7.23. The number of ether oxygens (including phenoxy) is 1. The minimum atomic E-state index is -0.172. The molecule has 0 saturated carbocycles. The predicted octanol–water partition coefficient (Wildman–Crippen LogP) is 3.07. The van der Waals surface area contributed by atoms with E-state index in [1.54, 1.807) is 0 Å². The largest absolute Gasteiger partial charge is 0.367 e. The van der Waals surface area contributed by atoms with Crippen LogP contribution in [0.15, 0.2) is 12.4 Å². The zero-order valence-corrected chi connectivity index (χ0v) is 13.0. The van der Waals surface area contributed by atoms with Crippen LogP contribution < -0.4 is 5.32 Å². The zero-order chi connectivity index (χ0) is 14.3. The fourth-order valence-electron chi connectivity index (χ4n) is 3.12. The zero-order valence-electron chi connectivity index (χ0n) is 13.0. The van der Waals surface area contributed by atoms with Gasteiger partial charge >= 0.3 is 0 Å². The first-order chi connectivity index (χ1) is 8.75. The van der Waals surface area contributed by atoms with Crippen molar-refractivity contribution in [3.05, 3.63) is 18.0 Å². The summed E-state index contributed by atoms with van der Waals surface area (Å²) in [5.41, 5.74) is 0.990. The third-order valence-electron chi connectivity index (χ3n) is 3.98. The molecular weight excluding hydrogens is 238 g/mol. The van der Waals surface area contributed by atoms with Crippen LogP contribution in [0, 0.1) is 0 Å². The Morgan fingerprint density at radius 3 is 2.68 bits per heavy atom. The smallest absolute Gasteiger partial charge is 0.0857 e. The van der Waals surface area contributed by atoms with Crippen molar-refractivity contribution < 1.29 is 4.74 Å². The van der Waals surface area contributed by atoms with Crippen molar-refractivity contribution in [3.8, 4) is 0 Å². The number of nitrogens with one attached hydrogen (secondary N) is 1. The monoisotopic (exact) mass is 265 g/mol. The molecule has 2 heterocycles. The maximum atomic E-state index is 6.14. The van der Waals surface area contributed by atoms with E-state index in [0.29, 0.717) is 12.1 Å². The molecule has 0 aliphatic carbocycles. The topological polar surface area (TPSA) is 39.1 Å². The minimum absolute atomic E-state index is 0.0758. The van der Waals surface area contributed by atoms with Crippen LogP contribution in [0.2, 0.25) is 0 Å². The van der Waals surface area contributed by atoms with Crippen molar-refractivity contribution in [1.82, 2.24) is 15.1 Å². The molecule has 4 heteroatoms. The molecule has 4 nitrogen and oxygen atoms in total. The highest BCUT2D eigenvalue weighted by molar-refractivity contribution is 5.11. The molecule has 108 valence electrons. The molecule has 1 aromatic rings. The number of nitrogens with zero attached hydrogens (tertiary/aromatic N) is 2. The normalized spacial score (nSPS) is 26.5. The Morgan fingerprint density at radius 2 is 2.16 bits per heavy atom. The molecule has 2 rings (SSSR count). The Kier molecular flexibility index (Phi) is 3.76. The number of aromatic nitrogens is 2. The van der Waals surface area contributed by atoms with Gasteiger partial charge in [-0.3, -0.25) is 4.68 Å². The quantitative estimate of drug-likeness (QED) is 0.909. The summed E-state index contributed by atoms with van der Waals surface area (Å²) in [7, 11) is 0. The summed E-state index contributed by atoms with van der Waals surface area (Å²) in [5, 5.41) is 7.98. The molecule has 2 unspecified atom stereocenters. The summed E-state index contributed by atoms with van der Waals surface area (Å²) in [5.74, 6) is 0. The lowest BCUT2D eigenvalue weighted by Crippen LogP contribution is -2.31. The van der Waals surface area contributed by atoms with Gasteiger partial charge in [-0.25, -0.2) is 0 Å². The second-order valence-electron chi connectivity index (χ2n) is 6.72. The van der Waals surface area contributed by atoms with Crippen molar-refractivity contribution in [2.24, 2.45) is 0 Å². The molecule has 2 atom stereocenters. The van der Waals surface area contributed by atoms with Crippen molar-refractivity contribution in [3.63, 3.8) is 0 Å². The van der Waals surface area contributed by atoms with Gasteiger partial charge in [0.1, 0.15) is 0 Å². The van der Waals surface area contributed by atoms with E-state index in [-0.39, 0.29) is 11.2 Å². The van der Waals surface area contributed by atoms with Gasteiger partial charge < -0.3 is 10.1 Å². The summed E-state index contributed by atoms with van der Waals surface area (Å²) in [6.07, 6.45) is 5.12. The molecule has 1 aromatic heterocycles. The lowest BCUT2D eigenvalue weighted by atomic mass is 9.95. The standard InChI is InChI=1S/C15H27N3O/c1-7-16-11(2)12-9-17-18(10-12)13-8-14(3,4)19-15(13,5)6/h9-11,13,16H,7-8H2,1-6H3. The van der Waals surface area contributed by atoms with Gasteiger partial charge in [-0.1, -0.05) is 6.92 Å². The van der Waals surface area contributed by atoms with E-state index in [2.05, 4.69) is 62.8 Å². The maximum absolute atomic E-state index is 6.14. The van der Waals surface area contributed by atoms with Crippen molar-refractivity contribution in [1.29, 1.82) is 0 Å². The van der Waals surface area contributed by atoms with Crippen LogP contribution in [-0.2, 0) is 4.74 Å². The van der Waals surface area contributed by atoms with E-state index >= 15 is 0 Å². The van der Waals surface area contributed by atoms with E-state index in [9.17, 15) is 0 Å². The first kappa shape index (κ1) is 14.5. The van der Waals surface area contributed by atoms with Crippen molar-refractivity contribution in [2.75, 3.05) is 6.54 Å². The summed E-state index contributed by atoms with van der Waals surface area (Å²) in [6.45, 7) is 13.9. The number of hydrogen-bond donors (Lipinski definition) is 1. The Hall–Kier alpha value is -0.870. The fraction of sp³-hybridized carbons (Fsp3) is 0.800. The van der Waals surface area contributed by atoms with Gasteiger partial charge in [0.05, 0.1) is 23.4 Å². The highest BCUT2D eigenvalue weighted by atomic mass is 16.5. The maximum Gasteiger partial charge on any atom is 0.0857 e. The van der Waals surface area contributed by atoms with Gasteiger partial charge in [0, 0.05) is 24.2 Å². The predicted molar refractivity (Wildman–Crippen MR) is 77.2 cm³/mol. The second kappa shape index (κ2) is 4.91. The second-order valence-corrected chi connectivity index (χ2v) is 6.72. The van der Waals surface area contributed by atoms with Crippen LogP contribution in [0.25, 0.3) is 0 Å². The molecule has 0 amide bonds. The van der Waals surface area contributed by atoms with Crippen LogP contribution in [0.4, 0.5) is 0 Å². The van der Waals surface area contributed by atoms with Crippen LogP contribution in [0.3, 0.4) is 0 Å². The summed E-state index contributed by atoms with van der Waals surface area (Å²) in [4.78, 5) is 0. The summed E-state index contributed by atoms with van der Waals surface area (Å²) < 4.78 is 8.23. The van der Waals surface area contributed by atoms with E-state index < -0.39 is 0 Å². The number of hydrogen-bond acceptors (Lipinski definition) is 3. The molecule has 1 N–H and O–H groups in total. The van der Waals surface area contributed by atoms with Gasteiger partial charge in [-0.15, -0.1) is 0 Å². The molecule has 0 bridgehead atoms. The first-order valence-electron chi connectivity index (χ1n) is 7.23. The fourth-order valence-corrected chi connectivity index (χ4v) is 3.12. The Morgan fingerprint density at radius 1 is 1.47 bits per heavy atom. The van der Waals surface area contributed by atoms with Crippen molar-refractivity contribution >= 4 is 0 Å². The van der Waals surface area contributed by atoms with E-state index in [1.165, 1.54) is 5.56 Å². The minimum Gasteiger partial charge on any atom is -0.367 e. The summed E-state index contributed by atoms with van der Waals surface area (Å²) >= 11 is 0. The van der Waals surface area contributed by atoms with E-state index in [1.807, 2.05) is 6.20 Å². The average molecular weight is 265 g/mol. The third-order valence-corrected chi connectivity index (χ3v) is 3.98. The third kappa shape index (κ3) is 3.00. The molecule has 19 heavy (non-hydrogen) atoms. The van der Waals surface area contributed by atoms with E-state index in [4.69, 9.17) is 4.74 Å². The molecule has 1 saturated heterocycles. The van der Waals surface area contributed by atoms with Crippen molar-refractivity contribution in [2.45, 2.75) is 71.2 Å². The van der Waals surface area contributed by atoms with Gasteiger partial charge in [0.25, 0.3) is 0 Å². The molecule has 1 aliphatic rings. The number of rotatable bonds is 4. The molecule has 0 spiro atoms. The molecule has 1 fully saturated rings. The van der Waals surface area contributed by atoms with Crippen LogP contribution >= 0.6 is 0 Å². The van der Waals surface area contributed by atoms with Gasteiger partial charge in [0.15, 0.2) is 0 Å².